The maximum absolute atomic E-state index is 11.1. The summed E-state index contributed by atoms with van der Waals surface area (Å²) in [6, 6.07) is 1.86. The Morgan fingerprint density at radius 1 is 1.54 bits per heavy atom. The van der Waals surface area contributed by atoms with Gasteiger partial charge in [0.05, 0.1) is 18.0 Å². The van der Waals surface area contributed by atoms with E-state index in [1.54, 1.807) is 17.8 Å². The summed E-state index contributed by atoms with van der Waals surface area (Å²) in [5.74, 6) is 0.373. The van der Waals surface area contributed by atoms with Crippen LogP contribution in [-0.2, 0) is 16.4 Å². The van der Waals surface area contributed by atoms with Gasteiger partial charge >= 0.3 is 0 Å². The van der Waals surface area contributed by atoms with Crippen molar-refractivity contribution in [1.29, 1.82) is 0 Å². The fraction of sp³-hybridized carbons (Fsp3) is 0.625. The van der Waals surface area contributed by atoms with E-state index in [1.165, 1.54) is 0 Å². The smallest absolute Gasteiger partial charge is 0.151 e. The second-order valence-electron chi connectivity index (χ2n) is 2.96. The molecular weight excluding hydrogens is 188 g/mol. The quantitative estimate of drug-likeness (QED) is 0.719. The molecule has 74 valence electrons. The van der Waals surface area contributed by atoms with Crippen molar-refractivity contribution in [2.45, 2.75) is 20.4 Å². The minimum absolute atomic E-state index is 0.171. The highest BCUT2D eigenvalue weighted by atomic mass is 32.2. The zero-order valence-electron chi connectivity index (χ0n) is 7.90. The summed E-state index contributed by atoms with van der Waals surface area (Å²) in [7, 11) is -2.87. The third kappa shape index (κ3) is 3.18. The van der Waals surface area contributed by atoms with E-state index in [-0.39, 0.29) is 11.5 Å². The van der Waals surface area contributed by atoms with Gasteiger partial charge in [-0.2, -0.15) is 5.10 Å². The zero-order chi connectivity index (χ0) is 9.90. The summed E-state index contributed by atoms with van der Waals surface area (Å²) in [6.07, 6.45) is 1.79. The van der Waals surface area contributed by atoms with Crippen LogP contribution >= 0.6 is 0 Å². The normalized spacial score (nSPS) is 11.8. The first kappa shape index (κ1) is 10.2. The molecule has 0 amide bonds. The van der Waals surface area contributed by atoms with Gasteiger partial charge in [0.2, 0.25) is 0 Å². The molecule has 0 aromatic carbocycles. The molecule has 0 unspecified atom stereocenters. The largest absolute Gasteiger partial charge is 0.271 e. The fourth-order valence-electron chi connectivity index (χ4n) is 0.965. The molecule has 0 N–H and O–H groups in total. The van der Waals surface area contributed by atoms with Crippen LogP contribution in [0, 0.1) is 6.92 Å². The molecule has 1 heterocycles. The third-order valence-corrected chi connectivity index (χ3v) is 3.53. The highest BCUT2D eigenvalue weighted by Gasteiger charge is 2.07. The Morgan fingerprint density at radius 3 is 2.69 bits per heavy atom. The molecule has 0 fully saturated rings. The molecule has 1 aromatic heterocycles. The van der Waals surface area contributed by atoms with E-state index in [0.29, 0.717) is 6.54 Å². The molecule has 0 aliphatic heterocycles. The molecule has 0 saturated heterocycles. The van der Waals surface area contributed by atoms with Crippen molar-refractivity contribution >= 4 is 9.84 Å². The lowest BCUT2D eigenvalue weighted by molar-refractivity contribution is 0.581. The van der Waals surface area contributed by atoms with Crippen LogP contribution in [0.1, 0.15) is 12.6 Å². The standard InChI is InChI=1S/C8H14N2O2S/c1-3-13(11,12)7-6-10-5-4-8(2)9-10/h4-5H,3,6-7H2,1-2H3. The Bertz CT molecular complexity index is 367. The SMILES string of the molecule is CCS(=O)(=O)CCn1ccc(C)n1. The number of aromatic nitrogens is 2. The number of sulfone groups is 1. The number of rotatable bonds is 4. The van der Waals surface area contributed by atoms with E-state index in [1.807, 2.05) is 13.0 Å². The van der Waals surface area contributed by atoms with Crippen molar-refractivity contribution in [2.24, 2.45) is 0 Å². The van der Waals surface area contributed by atoms with Crippen molar-refractivity contribution in [1.82, 2.24) is 9.78 Å². The second kappa shape index (κ2) is 3.91. The van der Waals surface area contributed by atoms with E-state index in [0.717, 1.165) is 5.69 Å². The molecule has 0 aliphatic rings. The highest BCUT2D eigenvalue weighted by molar-refractivity contribution is 7.91. The summed E-state index contributed by atoms with van der Waals surface area (Å²) in [4.78, 5) is 0. The van der Waals surface area contributed by atoms with Crippen molar-refractivity contribution in [3.8, 4) is 0 Å². The lowest BCUT2D eigenvalue weighted by atomic mass is 10.5. The summed E-state index contributed by atoms with van der Waals surface area (Å²) >= 11 is 0. The molecule has 13 heavy (non-hydrogen) atoms. The number of hydrogen-bond acceptors (Lipinski definition) is 3. The summed E-state index contributed by atoms with van der Waals surface area (Å²) < 4.78 is 23.9. The topological polar surface area (TPSA) is 52.0 Å². The lowest BCUT2D eigenvalue weighted by Gasteiger charge is -2.01. The first-order chi connectivity index (χ1) is 6.03. The first-order valence-corrected chi connectivity index (χ1v) is 6.06. The van der Waals surface area contributed by atoms with Crippen molar-refractivity contribution < 1.29 is 8.42 Å². The molecule has 0 bridgehead atoms. The van der Waals surface area contributed by atoms with Gasteiger partial charge < -0.3 is 0 Å². The van der Waals surface area contributed by atoms with Gasteiger partial charge in [-0.05, 0) is 13.0 Å². The zero-order valence-corrected chi connectivity index (χ0v) is 8.71. The number of nitrogens with zero attached hydrogens (tertiary/aromatic N) is 2. The summed E-state index contributed by atoms with van der Waals surface area (Å²) in [6.45, 7) is 3.98. The van der Waals surface area contributed by atoms with Crippen LogP contribution < -0.4 is 0 Å². The van der Waals surface area contributed by atoms with E-state index >= 15 is 0 Å². The van der Waals surface area contributed by atoms with E-state index in [2.05, 4.69) is 5.10 Å². The van der Waals surface area contributed by atoms with Gasteiger partial charge in [-0.1, -0.05) is 6.92 Å². The average molecular weight is 202 g/mol. The van der Waals surface area contributed by atoms with Gasteiger partial charge in [-0.3, -0.25) is 4.68 Å². The maximum Gasteiger partial charge on any atom is 0.151 e. The van der Waals surface area contributed by atoms with Gasteiger partial charge in [-0.15, -0.1) is 0 Å². The van der Waals surface area contributed by atoms with Crippen LogP contribution in [0.5, 0.6) is 0 Å². The molecule has 0 spiro atoms. The summed E-state index contributed by atoms with van der Waals surface area (Å²) in [5.41, 5.74) is 0.911. The van der Waals surface area contributed by atoms with Gasteiger partial charge in [0.1, 0.15) is 0 Å². The van der Waals surface area contributed by atoms with Gasteiger partial charge in [0.15, 0.2) is 9.84 Å². The van der Waals surface area contributed by atoms with Gasteiger partial charge in [0.25, 0.3) is 0 Å². The first-order valence-electron chi connectivity index (χ1n) is 4.24. The number of hydrogen-bond donors (Lipinski definition) is 0. The van der Waals surface area contributed by atoms with Crippen LogP contribution in [0.15, 0.2) is 12.3 Å². The molecule has 0 saturated carbocycles. The monoisotopic (exact) mass is 202 g/mol. The molecule has 0 aliphatic carbocycles. The molecule has 0 atom stereocenters. The maximum atomic E-state index is 11.1. The molecular formula is C8H14N2O2S. The molecule has 0 radical (unpaired) electrons. The van der Waals surface area contributed by atoms with Gasteiger partial charge in [-0.25, -0.2) is 8.42 Å². The van der Waals surface area contributed by atoms with E-state index < -0.39 is 9.84 Å². The van der Waals surface area contributed by atoms with Crippen LogP contribution in [-0.4, -0.2) is 29.7 Å². The minimum Gasteiger partial charge on any atom is -0.271 e. The van der Waals surface area contributed by atoms with Crippen LogP contribution in [0.3, 0.4) is 0 Å². The van der Waals surface area contributed by atoms with E-state index in [4.69, 9.17) is 0 Å². The molecule has 1 rings (SSSR count). The summed E-state index contributed by atoms with van der Waals surface area (Å²) in [5, 5.41) is 4.10. The Balaban J connectivity index is 2.53. The molecule has 5 heteroatoms. The highest BCUT2D eigenvalue weighted by Crippen LogP contribution is 1.95. The Hall–Kier alpha value is -0.840. The van der Waals surface area contributed by atoms with Crippen molar-refractivity contribution in [2.75, 3.05) is 11.5 Å². The average Bonchev–Trinajstić information content (AvgIpc) is 2.48. The third-order valence-electron chi connectivity index (χ3n) is 1.85. The van der Waals surface area contributed by atoms with Crippen molar-refractivity contribution in [3.63, 3.8) is 0 Å². The van der Waals surface area contributed by atoms with Crippen molar-refractivity contribution in [3.05, 3.63) is 18.0 Å². The second-order valence-corrected chi connectivity index (χ2v) is 5.43. The predicted molar refractivity (Wildman–Crippen MR) is 51.3 cm³/mol. The predicted octanol–water partition coefficient (Wildman–Crippen LogP) is 0.626. The Labute approximate surface area is 78.5 Å². The lowest BCUT2D eigenvalue weighted by Crippen LogP contribution is -2.14. The Morgan fingerprint density at radius 2 is 2.23 bits per heavy atom. The van der Waals surface area contributed by atoms with Crippen LogP contribution in [0.2, 0.25) is 0 Å². The van der Waals surface area contributed by atoms with Crippen LogP contribution in [0.4, 0.5) is 0 Å². The Kier molecular flexibility index (Phi) is 3.08. The van der Waals surface area contributed by atoms with Crippen LogP contribution in [0.25, 0.3) is 0 Å². The minimum atomic E-state index is -2.87. The number of aryl methyl sites for hydroxylation is 2. The van der Waals surface area contributed by atoms with Gasteiger partial charge in [0, 0.05) is 11.9 Å². The fourth-order valence-corrected chi connectivity index (χ4v) is 1.72. The van der Waals surface area contributed by atoms with E-state index in [9.17, 15) is 8.42 Å². The molecule has 4 nitrogen and oxygen atoms in total. The molecule has 1 aromatic rings.